The molecule has 0 radical (unpaired) electrons. The van der Waals surface area contributed by atoms with Crippen molar-refractivity contribution >= 4 is 5.97 Å². The van der Waals surface area contributed by atoms with Gasteiger partial charge >= 0.3 is 5.97 Å². The Morgan fingerprint density at radius 1 is 1.32 bits per heavy atom. The maximum absolute atomic E-state index is 11.8. The van der Waals surface area contributed by atoms with Gasteiger partial charge in [0.25, 0.3) is 0 Å². The van der Waals surface area contributed by atoms with Crippen LogP contribution in [0.3, 0.4) is 0 Å². The van der Waals surface area contributed by atoms with Gasteiger partial charge in [-0.15, -0.1) is 0 Å². The topological polar surface area (TPSA) is 128 Å². The SMILES string of the molecule is O=C(O[C@H]1C(O)O[C@H](CO)[C@@H](O)[C@@H]1O)[C@@H]1CCCN1. The van der Waals surface area contributed by atoms with E-state index < -0.39 is 49.3 Å². The Morgan fingerprint density at radius 3 is 2.63 bits per heavy atom. The molecule has 0 aromatic carbocycles. The third-order valence-electron chi connectivity index (χ3n) is 3.44. The van der Waals surface area contributed by atoms with Gasteiger partial charge in [-0.05, 0) is 19.4 Å². The van der Waals surface area contributed by atoms with Crippen LogP contribution in [0.1, 0.15) is 12.8 Å². The fourth-order valence-electron chi connectivity index (χ4n) is 2.30. The minimum Gasteiger partial charge on any atom is -0.453 e. The van der Waals surface area contributed by atoms with E-state index in [0.717, 1.165) is 6.42 Å². The fourth-order valence-corrected chi connectivity index (χ4v) is 2.30. The molecule has 0 bridgehead atoms. The molecule has 2 rings (SSSR count). The maximum atomic E-state index is 11.8. The van der Waals surface area contributed by atoms with Crippen molar-refractivity contribution in [3.8, 4) is 0 Å². The summed E-state index contributed by atoms with van der Waals surface area (Å²) in [4.78, 5) is 11.8. The van der Waals surface area contributed by atoms with Crippen LogP contribution in [0.4, 0.5) is 0 Å². The normalized spacial score (nSPS) is 43.2. The van der Waals surface area contributed by atoms with Crippen molar-refractivity contribution in [2.24, 2.45) is 0 Å². The van der Waals surface area contributed by atoms with Gasteiger partial charge in [-0.25, -0.2) is 0 Å². The van der Waals surface area contributed by atoms with E-state index in [4.69, 9.17) is 14.6 Å². The molecule has 2 fully saturated rings. The van der Waals surface area contributed by atoms with Gasteiger partial charge in [0.2, 0.25) is 0 Å². The smallest absolute Gasteiger partial charge is 0.323 e. The highest BCUT2D eigenvalue weighted by Crippen LogP contribution is 2.23. The van der Waals surface area contributed by atoms with Crippen LogP contribution in [0, 0.1) is 0 Å². The van der Waals surface area contributed by atoms with Crippen molar-refractivity contribution in [3.63, 3.8) is 0 Å². The molecular formula is C11H19NO7. The molecule has 19 heavy (non-hydrogen) atoms. The first-order valence-electron chi connectivity index (χ1n) is 6.29. The average Bonchev–Trinajstić information content (AvgIpc) is 2.92. The van der Waals surface area contributed by atoms with Crippen LogP contribution in [0.15, 0.2) is 0 Å². The molecule has 0 aromatic heterocycles. The third kappa shape index (κ3) is 3.04. The molecule has 0 amide bonds. The van der Waals surface area contributed by atoms with E-state index >= 15 is 0 Å². The highest BCUT2D eigenvalue weighted by molar-refractivity contribution is 5.76. The molecule has 2 saturated heterocycles. The summed E-state index contributed by atoms with van der Waals surface area (Å²) in [5.41, 5.74) is 0. The van der Waals surface area contributed by atoms with Gasteiger partial charge < -0.3 is 35.2 Å². The van der Waals surface area contributed by atoms with Gasteiger partial charge in [-0.1, -0.05) is 0 Å². The van der Waals surface area contributed by atoms with Gasteiger partial charge in [0.15, 0.2) is 12.4 Å². The molecule has 1 unspecified atom stereocenters. The predicted molar refractivity (Wildman–Crippen MR) is 60.9 cm³/mol. The number of hydrogen-bond acceptors (Lipinski definition) is 8. The molecule has 0 saturated carbocycles. The maximum Gasteiger partial charge on any atom is 0.323 e. The molecule has 110 valence electrons. The lowest BCUT2D eigenvalue weighted by Gasteiger charge is -2.39. The first-order valence-corrected chi connectivity index (χ1v) is 6.29. The first-order chi connectivity index (χ1) is 9.04. The number of aliphatic hydroxyl groups excluding tert-OH is 4. The Balaban J connectivity index is 1.96. The van der Waals surface area contributed by atoms with Crippen molar-refractivity contribution in [2.45, 2.75) is 49.6 Å². The average molecular weight is 277 g/mol. The summed E-state index contributed by atoms with van der Waals surface area (Å²) in [6, 6.07) is -0.466. The van der Waals surface area contributed by atoms with Crippen LogP contribution in [-0.4, -0.2) is 76.3 Å². The Kier molecular flexibility index (Phi) is 4.71. The van der Waals surface area contributed by atoms with Gasteiger partial charge in [0.05, 0.1) is 6.61 Å². The lowest BCUT2D eigenvalue weighted by molar-refractivity contribution is -0.291. The second-order valence-corrected chi connectivity index (χ2v) is 4.78. The van der Waals surface area contributed by atoms with Crippen molar-refractivity contribution in [2.75, 3.05) is 13.2 Å². The highest BCUT2D eigenvalue weighted by atomic mass is 16.7. The van der Waals surface area contributed by atoms with Gasteiger partial charge in [-0.2, -0.15) is 0 Å². The zero-order valence-corrected chi connectivity index (χ0v) is 10.3. The van der Waals surface area contributed by atoms with Crippen molar-refractivity contribution in [3.05, 3.63) is 0 Å². The standard InChI is InChI=1S/C11H19NO7/c13-4-6-7(14)8(15)9(11(17)18-6)19-10(16)5-2-1-3-12-5/h5-9,11-15,17H,1-4H2/t5-,6+,7+,8-,9+,11?/m0/s1. The van der Waals surface area contributed by atoms with E-state index in [1.165, 1.54) is 0 Å². The molecule has 8 heteroatoms. The van der Waals surface area contributed by atoms with E-state index in [2.05, 4.69) is 5.32 Å². The summed E-state index contributed by atoms with van der Waals surface area (Å²) >= 11 is 0. The van der Waals surface area contributed by atoms with Crippen molar-refractivity contribution in [1.29, 1.82) is 0 Å². The first kappa shape index (κ1) is 14.6. The van der Waals surface area contributed by atoms with Crippen LogP contribution in [-0.2, 0) is 14.3 Å². The molecule has 0 aromatic rings. The van der Waals surface area contributed by atoms with Crippen LogP contribution in [0.5, 0.6) is 0 Å². The number of carbonyl (C=O) groups excluding carboxylic acids is 1. The summed E-state index contributed by atoms with van der Waals surface area (Å²) in [7, 11) is 0. The second-order valence-electron chi connectivity index (χ2n) is 4.78. The zero-order valence-electron chi connectivity index (χ0n) is 10.3. The lowest BCUT2D eigenvalue weighted by Crippen LogP contribution is -2.60. The largest absolute Gasteiger partial charge is 0.453 e. The van der Waals surface area contributed by atoms with Crippen molar-refractivity contribution < 1.29 is 34.7 Å². The molecule has 0 spiro atoms. The van der Waals surface area contributed by atoms with Gasteiger partial charge in [0, 0.05) is 0 Å². The molecule has 0 aliphatic carbocycles. The number of ether oxygens (including phenoxy) is 2. The summed E-state index contributed by atoms with van der Waals surface area (Å²) in [5.74, 6) is -0.598. The molecule has 5 N–H and O–H groups in total. The number of rotatable bonds is 3. The van der Waals surface area contributed by atoms with E-state index in [0.29, 0.717) is 13.0 Å². The highest BCUT2D eigenvalue weighted by Gasteiger charge is 2.46. The quantitative estimate of drug-likeness (QED) is 0.347. The molecule has 8 nitrogen and oxygen atoms in total. The fraction of sp³-hybridized carbons (Fsp3) is 0.909. The van der Waals surface area contributed by atoms with Crippen LogP contribution >= 0.6 is 0 Å². The summed E-state index contributed by atoms with van der Waals surface area (Å²) in [6.45, 7) is 0.154. The van der Waals surface area contributed by atoms with E-state index in [9.17, 15) is 20.1 Å². The minimum atomic E-state index is -1.58. The summed E-state index contributed by atoms with van der Waals surface area (Å²) < 4.78 is 9.89. The number of nitrogens with one attached hydrogen (secondary N) is 1. The molecule has 2 heterocycles. The lowest BCUT2D eigenvalue weighted by atomic mass is 9.99. The van der Waals surface area contributed by atoms with E-state index in [1.54, 1.807) is 0 Å². The molecule has 6 atom stereocenters. The Bertz CT molecular complexity index is 320. The number of esters is 1. The zero-order chi connectivity index (χ0) is 14.0. The van der Waals surface area contributed by atoms with Crippen LogP contribution in [0.25, 0.3) is 0 Å². The summed E-state index contributed by atoms with van der Waals surface area (Å²) in [5, 5.41) is 40.9. The monoisotopic (exact) mass is 277 g/mol. The Labute approximate surface area is 109 Å². The van der Waals surface area contributed by atoms with Crippen LogP contribution < -0.4 is 5.32 Å². The Hall–Kier alpha value is -0.770. The molecule has 2 aliphatic rings. The molecular weight excluding hydrogens is 258 g/mol. The van der Waals surface area contributed by atoms with Gasteiger partial charge in [0.1, 0.15) is 24.4 Å². The van der Waals surface area contributed by atoms with E-state index in [-0.39, 0.29) is 0 Å². The third-order valence-corrected chi connectivity index (χ3v) is 3.44. The predicted octanol–water partition coefficient (Wildman–Crippen LogP) is -2.92. The minimum absolute atomic E-state index is 0.466. The number of hydrogen-bond donors (Lipinski definition) is 5. The van der Waals surface area contributed by atoms with Gasteiger partial charge in [-0.3, -0.25) is 4.79 Å². The molecule has 2 aliphatic heterocycles. The summed E-state index contributed by atoms with van der Waals surface area (Å²) in [6.07, 6.45) is -5.52. The second kappa shape index (κ2) is 6.12. The van der Waals surface area contributed by atoms with E-state index in [1.807, 2.05) is 0 Å². The van der Waals surface area contributed by atoms with Crippen molar-refractivity contribution in [1.82, 2.24) is 5.32 Å². The number of aliphatic hydroxyl groups is 4. The van der Waals surface area contributed by atoms with Crippen LogP contribution in [0.2, 0.25) is 0 Å². The Morgan fingerprint density at radius 2 is 2.05 bits per heavy atom. The number of carbonyl (C=O) groups is 1.